The Balaban J connectivity index is 1.48. The average Bonchev–Trinajstić information content (AvgIpc) is 3.17. The minimum atomic E-state index is -0.311. The number of hydrogen-bond acceptors (Lipinski definition) is 3. The van der Waals surface area contributed by atoms with Crippen molar-refractivity contribution in [3.8, 4) is 0 Å². The Morgan fingerprint density at radius 1 is 1.22 bits per heavy atom. The highest BCUT2D eigenvalue weighted by Crippen LogP contribution is 2.40. The lowest BCUT2D eigenvalue weighted by Crippen LogP contribution is -2.33. The molecule has 2 amide bonds. The molecule has 3 rings (SSSR count). The van der Waals surface area contributed by atoms with Crippen LogP contribution in [0.15, 0.2) is 18.2 Å². The number of carbonyl (C=O) groups excluding carboxylic acids is 2. The lowest BCUT2D eigenvalue weighted by Gasteiger charge is -2.11. The van der Waals surface area contributed by atoms with Crippen molar-refractivity contribution in [2.24, 2.45) is 11.8 Å². The van der Waals surface area contributed by atoms with Gasteiger partial charge in [-0.3, -0.25) is 9.59 Å². The summed E-state index contributed by atoms with van der Waals surface area (Å²) >= 11 is 12.0. The van der Waals surface area contributed by atoms with Crippen molar-refractivity contribution in [3.63, 3.8) is 0 Å². The SMILES string of the molecule is O=C(NCC1CCCO1)C1CC1C(=O)Nc1cccc(Cl)c1Cl. The number of carbonyl (C=O) groups is 2. The van der Waals surface area contributed by atoms with Crippen molar-refractivity contribution in [3.05, 3.63) is 28.2 Å². The highest BCUT2D eigenvalue weighted by molar-refractivity contribution is 6.44. The van der Waals surface area contributed by atoms with Crippen LogP contribution >= 0.6 is 23.2 Å². The van der Waals surface area contributed by atoms with Crippen molar-refractivity contribution in [1.82, 2.24) is 5.32 Å². The number of nitrogens with one attached hydrogen (secondary N) is 2. The maximum atomic E-state index is 12.2. The second-order valence-corrected chi connectivity index (χ2v) is 6.70. The molecule has 1 aliphatic heterocycles. The molecule has 124 valence electrons. The van der Waals surface area contributed by atoms with Crippen LogP contribution in [-0.4, -0.2) is 31.1 Å². The minimum absolute atomic E-state index is 0.0853. The lowest BCUT2D eigenvalue weighted by atomic mass is 10.2. The molecule has 0 spiro atoms. The maximum Gasteiger partial charge on any atom is 0.228 e. The van der Waals surface area contributed by atoms with Crippen molar-refractivity contribution in [2.75, 3.05) is 18.5 Å². The standard InChI is InChI=1S/C16H18Cl2N2O3/c17-12-4-1-5-13(14(12)18)20-16(22)11-7-10(11)15(21)19-8-9-3-2-6-23-9/h1,4-5,9-11H,2-3,6-8H2,(H,19,21)(H,20,22). The molecule has 0 radical (unpaired) electrons. The van der Waals surface area contributed by atoms with E-state index in [1.54, 1.807) is 18.2 Å². The summed E-state index contributed by atoms with van der Waals surface area (Å²) in [6.07, 6.45) is 2.68. The monoisotopic (exact) mass is 356 g/mol. The normalized spacial score (nSPS) is 25.9. The van der Waals surface area contributed by atoms with Crippen molar-refractivity contribution in [1.29, 1.82) is 0 Å². The summed E-state index contributed by atoms with van der Waals surface area (Å²) < 4.78 is 5.46. The molecule has 1 heterocycles. The fourth-order valence-corrected chi connectivity index (χ4v) is 3.10. The summed E-state index contributed by atoms with van der Waals surface area (Å²) in [6, 6.07) is 5.04. The van der Waals surface area contributed by atoms with E-state index in [4.69, 9.17) is 27.9 Å². The number of hydrogen-bond donors (Lipinski definition) is 2. The van der Waals surface area contributed by atoms with Gasteiger partial charge in [0.05, 0.1) is 33.7 Å². The van der Waals surface area contributed by atoms with Gasteiger partial charge in [-0.25, -0.2) is 0 Å². The van der Waals surface area contributed by atoms with Crippen LogP contribution in [0, 0.1) is 11.8 Å². The molecule has 7 heteroatoms. The average molecular weight is 357 g/mol. The van der Waals surface area contributed by atoms with Crippen LogP contribution in [0.3, 0.4) is 0 Å². The quantitative estimate of drug-likeness (QED) is 0.852. The molecular formula is C16H18Cl2N2O3. The molecule has 3 unspecified atom stereocenters. The molecular weight excluding hydrogens is 339 g/mol. The van der Waals surface area contributed by atoms with Gasteiger partial charge in [-0.15, -0.1) is 0 Å². The van der Waals surface area contributed by atoms with Gasteiger partial charge in [0.15, 0.2) is 0 Å². The minimum Gasteiger partial charge on any atom is -0.376 e. The molecule has 2 aliphatic rings. The second kappa shape index (κ2) is 7.07. The Labute approximate surface area is 144 Å². The summed E-state index contributed by atoms with van der Waals surface area (Å²) in [5.41, 5.74) is 0.467. The first-order valence-corrected chi connectivity index (χ1v) is 8.46. The first kappa shape index (κ1) is 16.6. The zero-order chi connectivity index (χ0) is 16.4. The molecule has 2 fully saturated rings. The van der Waals surface area contributed by atoms with E-state index in [1.807, 2.05) is 0 Å². The molecule has 0 aromatic heterocycles. The Bertz CT molecular complexity index is 617. The number of amides is 2. The van der Waals surface area contributed by atoms with E-state index in [9.17, 15) is 9.59 Å². The smallest absolute Gasteiger partial charge is 0.228 e. The topological polar surface area (TPSA) is 67.4 Å². The van der Waals surface area contributed by atoms with E-state index < -0.39 is 0 Å². The molecule has 0 bridgehead atoms. The Morgan fingerprint density at radius 2 is 2.00 bits per heavy atom. The third-order valence-corrected chi connectivity index (χ3v) is 5.02. The summed E-state index contributed by atoms with van der Waals surface area (Å²) in [6.45, 7) is 1.28. The van der Waals surface area contributed by atoms with Crippen molar-refractivity contribution >= 4 is 40.7 Å². The number of ether oxygens (including phenoxy) is 1. The van der Waals surface area contributed by atoms with E-state index in [-0.39, 0.29) is 29.8 Å². The number of rotatable bonds is 5. The maximum absolute atomic E-state index is 12.2. The first-order valence-electron chi connectivity index (χ1n) is 7.70. The molecule has 23 heavy (non-hydrogen) atoms. The van der Waals surface area contributed by atoms with Gasteiger partial charge in [-0.05, 0) is 31.4 Å². The van der Waals surface area contributed by atoms with Gasteiger partial charge in [0.1, 0.15) is 0 Å². The zero-order valence-electron chi connectivity index (χ0n) is 12.5. The fourth-order valence-electron chi connectivity index (χ4n) is 2.75. The van der Waals surface area contributed by atoms with Crippen LogP contribution in [0.25, 0.3) is 0 Å². The van der Waals surface area contributed by atoms with Crippen LogP contribution in [0.4, 0.5) is 5.69 Å². The summed E-state index contributed by atoms with van der Waals surface area (Å²) in [4.78, 5) is 24.3. The number of halogens is 2. The molecule has 1 aromatic rings. The number of benzene rings is 1. The molecule has 2 N–H and O–H groups in total. The Kier molecular flexibility index (Phi) is 5.09. The third kappa shape index (κ3) is 3.97. The summed E-state index contributed by atoms with van der Waals surface area (Å²) in [7, 11) is 0. The van der Waals surface area contributed by atoms with Gasteiger partial charge in [0.2, 0.25) is 11.8 Å². The molecule has 1 aromatic carbocycles. The molecule has 1 saturated carbocycles. The van der Waals surface area contributed by atoms with E-state index in [0.29, 0.717) is 28.7 Å². The van der Waals surface area contributed by atoms with Crippen molar-refractivity contribution in [2.45, 2.75) is 25.4 Å². The first-order chi connectivity index (χ1) is 11.1. The van der Waals surface area contributed by atoms with Gasteiger partial charge >= 0.3 is 0 Å². The van der Waals surface area contributed by atoms with Gasteiger partial charge in [0.25, 0.3) is 0 Å². The predicted molar refractivity (Wildman–Crippen MR) is 88.7 cm³/mol. The van der Waals surface area contributed by atoms with Crippen LogP contribution in [0.2, 0.25) is 10.0 Å². The highest BCUT2D eigenvalue weighted by atomic mass is 35.5. The Hall–Kier alpha value is -1.30. The van der Waals surface area contributed by atoms with Gasteiger partial charge in [-0.1, -0.05) is 29.3 Å². The largest absolute Gasteiger partial charge is 0.376 e. The molecule has 1 aliphatic carbocycles. The fraction of sp³-hybridized carbons (Fsp3) is 0.500. The van der Waals surface area contributed by atoms with E-state index in [1.165, 1.54) is 0 Å². The number of anilines is 1. The van der Waals surface area contributed by atoms with Crippen LogP contribution < -0.4 is 10.6 Å². The molecule has 5 nitrogen and oxygen atoms in total. The van der Waals surface area contributed by atoms with Crippen LogP contribution in [0.5, 0.6) is 0 Å². The van der Waals surface area contributed by atoms with Gasteiger partial charge in [0, 0.05) is 13.2 Å². The summed E-state index contributed by atoms with van der Waals surface area (Å²) in [5.74, 6) is -0.867. The Morgan fingerprint density at radius 3 is 2.74 bits per heavy atom. The summed E-state index contributed by atoms with van der Waals surface area (Å²) in [5, 5.41) is 6.29. The zero-order valence-corrected chi connectivity index (χ0v) is 14.0. The molecule has 3 atom stereocenters. The predicted octanol–water partition coefficient (Wildman–Crippen LogP) is 2.86. The van der Waals surface area contributed by atoms with E-state index in [2.05, 4.69) is 10.6 Å². The van der Waals surface area contributed by atoms with E-state index >= 15 is 0 Å². The molecule has 1 saturated heterocycles. The van der Waals surface area contributed by atoms with Crippen molar-refractivity contribution < 1.29 is 14.3 Å². The van der Waals surface area contributed by atoms with Crippen LogP contribution in [-0.2, 0) is 14.3 Å². The lowest BCUT2D eigenvalue weighted by molar-refractivity contribution is -0.125. The van der Waals surface area contributed by atoms with Crippen LogP contribution in [0.1, 0.15) is 19.3 Å². The highest BCUT2D eigenvalue weighted by Gasteiger charge is 2.48. The van der Waals surface area contributed by atoms with E-state index in [0.717, 1.165) is 19.4 Å². The van der Waals surface area contributed by atoms with Gasteiger partial charge in [-0.2, -0.15) is 0 Å². The van der Waals surface area contributed by atoms with Gasteiger partial charge < -0.3 is 15.4 Å². The second-order valence-electron chi connectivity index (χ2n) is 5.92. The third-order valence-electron chi connectivity index (χ3n) is 4.20.